The van der Waals surface area contributed by atoms with Gasteiger partial charge in [-0.1, -0.05) is 23.8 Å². The number of hydrogen-bond acceptors (Lipinski definition) is 4. The van der Waals surface area contributed by atoms with E-state index in [1.807, 2.05) is 13.0 Å². The van der Waals surface area contributed by atoms with Crippen LogP contribution in [0.15, 0.2) is 30.3 Å². The standard InChI is InChI=1S/C21H25FO3S.Na/c1-13-8-14(2)18(6-7-26-12-17(23)11-21(24)25)19(9-13)16-4-5-20(22)15(3)10-16;/h4-5,8-10,17,23H,6-7,11-12H2,1-3H3,(H,24,25);/q;+1/p-1. The maximum Gasteiger partial charge on any atom is 1.00 e. The Bertz CT molecular complexity index is 795. The summed E-state index contributed by atoms with van der Waals surface area (Å²) >= 11 is 1.52. The molecule has 1 N–H and O–H groups in total. The molecule has 27 heavy (non-hydrogen) atoms. The average molecular weight is 398 g/mol. The largest absolute Gasteiger partial charge is 1.00 e. The van der Waals surface area contributed by atoms with E-state index in [0.717, 1.165) is 28.9 Å². The summed E-state index contributed by atoms with van der Waals surface area (Å²) in [6, 6.07) is 9.41. The molecule has 0 bridgehead atoms. The Morgan fingerprint density at radius 1 is 1.19 bits per heavy atom. The summed E-state index contributed by atoms with van der Waals surface area (Å²) in [4.78, 5) is 10.5. The third kappa shape index (κ3) is 7.24. The molecule has 0 heterocycles. The Hall–Kier alpha value is -0.850. The van der Waals surface area contributed by atoms with Crippen LogP contribution in [-0.2, 0) is 11.2 Å². The molecule has 0 fully saturated rings. The molecule has 0 saturated carbocycles. The summed E-state index contributed by atoms with van der Waals surface area (Å²) in [5.41, 5.74) is 6.24. The van der Waals surface area contributed by atoms with Gasteiger partial charge in [0.1, 0.15) is 5.82 Å². The summed E-state index contributed by atoms with van der Waals surface area (Å²) in [5.74, 6) is -0.316. The van der Waals surface area contributed by atoms with Gasteiger partial charge in [0.25, 0.3) is 0 Å². The Morgan fingerprint density at radius 2 is 1.89 bits per heavy atom. The van der Waals surface area contributed by atoms with Gasteiger partial charge in [-0.25, -0.2) is 4.39 Å². The Labute approximate surface area is 186 Å². The second-order valence-electron chi connectivity index (χ2n) is 6.63. The van der Waals surface area contributed by atoms with E-state index >= 15 is 0 Å². The Kier molecular flexibility index (Phi) is 10.1. The number of halogens is 1. The van der Waals surface area contributed by atoms with Gasteiger partial charge < -0.3 is 15.0 Å². The van der Waals surface area contributed by atoms with Crippen LogP contribution in [0.1, 0.15) is 28.7 Å². The van der Waals surface area contributed by atoms with Crippen LogP contribution < -0.4 is 34.7 Å². The zero-order chi connectivity index (χ0) is 19.3. The topological polar surface area (TPSA) is 60.4 Å². The van der Waals surface area contributed by atoms with Gasteiger partial charge in [-0.2, -0.15) is 11.8 Å². The molecule has 0 spiro atoms. The molecule has 0 aliphatic rings. The fraction of sp³-hybridized carbons (Fsp3) is 0.381. The van der Waals surface area contributed by atoms with Crippen molar-refractivity contribution >= 4 is 17.7 Å². The predicted molar refractivity (Wildman–Crippen MR) is 103 cm³/mol. The van der Waals surface area contributed by atoms with E-state index in [2.05, 4.69) is 19.1 Å². The molecule has 1 unspecified atom stereocenters. The monoisotopic (exact) mass is 398 g/mol. The van der Waals surface area contributed by atoms with Crippen molar-refractivity contribution in [3.05, 3.63) is 58.4 Å². The molecule has 2 aromatic carbocycles. The van der Waals surface area contributed by atoms with E-state index in [9.17, 15) is 19.4 Å². The smallest absolute Gasteiger partial charge is 0.550 e. The van der Waals surface area contributed by atoms with Crippen LogP contribution in [-0.4, -0.2) is 28.7 Å². The number of thioether (sulfide) groups is 1. The van der Waals surface area contributed by atoms with Crippen LogP contribution in [0.4, 0.5) is 4.39 Å². The summed E-state index contributed by atoms with van der Waals surface area (Å²) < 4.78 is 13.6. The number of aliphatic hydroxyl groups is 1. The normalized spacial score (nSPS) is 11.7. The predicted octanol–water partition coefficient (Wildman–Crippen LogP) is 0.199. The SMILES string of the molecule is Cc1cc(C)c(CCSCC(O)CC(=O)[O-])c(-c2ccc(F)c(C)c2)c1.[Na+]. The minimum absolute atomic E-state index is 0. The van der Waals surface area contributed by atoms with Gasteiger partial charge in [-0.15, -0.1) is 0 Å². The molecule has 140 valence electrons. The number of rotatable bonds is 8. The second kappa shape index (κ2) is 11.2. The van der Waals surface area contributed by atoms with Gasteiger partial charge >= 0.3 is 29.6 Å². The Balaban J connectivity index is 0.00000364. The molecule has 0 amide bonds. The van der Waals surface area contributed by atoms with Crippen molar-refractivity contribution in [1.82, 2.24) is 0 Å². The molecule has 0 aliphatic carbocycles. The Morgan fingerprint density at radius 3 is 2.52 bits per heavy atom. The van der Waals surface area contributed by atoms with Gasteiger partial charge in [-0.3, -0.25) is 0 Å². The van der Waals surface area contributed by atoms with Crippen LogP contribution in [0.2, 0.25) is 0 Å². The molecular weight excluding hydrogens is 374 g/mol. The van der Waals surface area contributed by atoms with Gasteiger partial charge in [0.2, 0.25) is 0 Å². The zero-order valence-corrected chi connectivity index (χ0v) is 19.2. The number of carboxylic acids is 1. The molecule has 0 aliphatic heterocycles. The van der Waals surface area contributed by atoms with E-state index in [1.165, 1.54) is 29.0 Å². The van der Waals surface area contributed by atoms with Crippen LogP contribution >= 0.6 is 11.8 Å². The van der Waals surface area contributed by atoms with Crippen LogP contribution in [0, 0.1) is 26.6 Å². The van der Waals surface area contributed by atoms with Gasteiger partial charge in [-0.05, 0) is 72.9 Å². The summed E-state index contributed by atoms with van der Waals surface area (Å²) in [7, 11) is 0. The van der Waals surface area contributed by atoms with Gasteiger partial charge in [0.05, 0.1) is 6.10 Å². The first kappa shape index (κ1) is 24.2. The van der Waals surface area contributed by atoms with Crippen LogP contribution in [0.5, 0.6) is 0 Å². The molecule has 0 radical (unpaired) electrons. The number of carbonyl (C=O) groups excluding carboxylic acids is 1. The number of hydrogen-bond donors (Lipinski definition) is 1. The molecular formula is C21H24FNaO3S. The van der Waals surface area contributed by atoms with Crippen molar-refractivity contribution in [1.29, 1.82) is 0 Å². The minimum Gasteiger partial charge on any atom is -0.550 e. The van der Waals surface area contributed by atoms with Gasteiger partial charge in [0.15, 0.2) is 0 Å². The third-order valence-electron chi connectivity index (χ3n) is 4.30. The maximum absolute atomic E-state index is 13.6. The first-order valence-corrected chi connectivity index (χ1v) is 9.75. The van der Waals surface area contributed by atoms with Crippen molar-refractivity contribution in [2.75, 3.05) is 11.5 Å². The summed E-state index contributed by atoms with van der Waals surface area (Å²) in [5, 5.41) is 20.1. The number of aryl methyl sites for hydroxylation is 3. The molecule has 1 atom stereocenters. The number of carbonyl (C=O) groups is 1. The number of aliphatic hydroxyl groups excluding tert-OH is 1. The fourth-order valence-corrected chi connectivity index (χ4v) is 3.95. The van der Waals surface area contributed by atoms with E-state index in [4.69, 9.17) is 0 Å². The van der Waals surface area contributed by atoms with E-state index in [1.54, 1.807) is 13.0 Å². The van der Waals surface area contributed by atoms with Crippen molar-refractivity contribution in [2.45, 2.75) is 39.7 Å². The third-order valence-corrected chi connectivity index (χ3v) is 5.41. The van der Waals surface area contributed by atoms with E-state index in [-0.39, 0.29) is 41.8 Å². The van der Waals surface area contributed by atoms with Crippen molar-refractivity contribution in [3.8, 4) is 11.1 Å². The molecule has 0 saturated heterocycles. The number of benzene rings is 2. The van der Waals surface area contributed by atoms with Crippen molar-refractivity contribution < 1.29 is 49.0 Å². The maximum atomic E-state index is 13.6. The molecule has 0 aromatic heterocycles. The molecule has 6 heteroatoms. The summed E-state index contributed by atoms with van der Waals surface area (Å²) in [6.07, 6.45) is -0.430. The first-order valence-electron chi connectivity index (χ1n) is 8.60. The number of carboxylic acid groups (broad SMARTS) is 1. The van der Waals surface area contributed by atoms with E-state index < -0.39 is 12.1 Å². The fourth-order valence-electron chi connectivity index (χ4n) is 3.04. The van der Waals surface area contributed by atoms with Gasteiger partial charge in [0, 0.05) is 18.1 Å². The quantitative estimate of drug-likeness (QED) is 0.510. The number of aliphatic carboxylic acids is 1. The molecule has 2 aromatic rings. The average Bonchev–Trinajstić information content (AvgIpc) is 2.54. The second-order valence-corrected chi connectivity index (χ2v) is 7.78. The molecule has 2 rings (SSSR count). The summed E-state index contributed by atoms with van der Waals surface area (Å²) in [6.45, 7) is 5.87. The van der Waals surface area contributed by atoms with Crippen LogP contribution in [0.25, 0.3) is 11.1 Å². The zero-order valence-electron chi connectivity index (χ0n) is 16.3. The first-order chi connectivity index (χ1) is 12.3. The molecule has 3 nitrogen and oxygen atoms in total. The van der Waals surface area contributed by atoms with Crippen molar-refractivity contribution in [2.24, 2.45) is 0 Å². The van der Waals surface area contributed by atoms with E-state index in [0.29, 0.717) is 11.3 Å². The van der Waals surface area contributed by atoms with Crippen LogP contribution in [0.3, 0.4) is 0 Å². The van der Waals surface area contributed by atoms with Crippen molar-refractivity contribution in [3.63, 3.8) is 0 Å². The minimum atomic E-state index is -1.23.